The summed E-state index contributed by atoms with van der Waals surface area (Å²) in [6.07, 6.45) is -1.53. The van der Waals surface area contributed by atoms with Gasteiger partial charge < -0.3 is 25.0 Å². The maximum atomic E-state index is 10.9. The molecule has 0 unspecified atom stereocenters. The maximum Gasteiger partial charge on any atom is 0.305 e. The van der Waals surface area contributed by atoms with Gasteiger partial charge in [0.15, 0.2) is 0 Å². The van der Waals surface area contributed by atoms with E-state index in [9.17, 15) is 15.0 Å². The first-order valence-corrected chi connectivity index (χ1v) is 7.84. The Morgan fingerprint density at radius 1 is 1.45 bits per heavy atom. The summed E-state index contributed by atoms with van der Waals surface area (Å²) in [5.41, 5.74) is 0. The van der Waals surface area contributed by atoms with Crippen LogP contribution in [0.4, 0.5) is 0 Å². The highest BCUT2D eigenvalue weighted by molar-refractivity contribution is 8.22. The van der Waals surface area contributed by atoms with Crippen molar-refractivity contribution in [1.82, 2.24) is 5.32 Å². The summed E-state index contributed by atoms with van der Waals surface area (Å²) in [6, 6.07) is 0. The average molecular weight is 323 g/mol. The predicted molar refractivity (Wildman–Crippen MR) is 80.7 cm³/mol. The van der Waals surface area contributed by atoms with Gasteiger partial charge in [-0.3, -0.25) is 4.79 Å². The molecule has 0 aromatic rings. The second-order valence-corrected chi connectivity index (χ2v) is 6.33. The molecule has 0 aliphatic carbocycles. The standard InChI is InChI=1S/C12H21NO5S2/c1-7-10(15)11(16)8(18-7)6-13-12(19)20-5-3-4-9(14)17-2/h7-8,10-11,15-16H,3-6H2,1-2H3,(H,13,19)/t7-,8-,10-,11+/m1/s1. The van der Waals surface area contributed by atoms with Crippen LogP contribution in [0.2, 0.25) is 0 Å². The smallest absolute Gasteiger partial charge is 0.305 e. The number of methoxy groups -OCH3 is 1. The summed E-state index contributed by atoms with van der Waals surface area (Å²) in [5.74, 6) is 0.489. The number of hydrogen-bond acceptors (Lipinski definition) is 7. The molecule has 1 heterocycles. The first kappa shape index (κ1) is 17.6. The largest absolute Gasteiger partial charge is 0.469 e. The zero-order valence-electron chi connectivity index (χ0n) is 11.6. The van der Waals surface area contributed by atoms with Gasteiger partial charge in [0, 0.05) is 18.7 Å². The van der Waals surface area contributed by atoms with Crippen molar-refractivity contribution in [2.24, 2.45) is 0 Å². The molecule has 6 nitrogen and oxygen atoms in total. The topological polar surface area (TPSA) is 88.0 Å². The van der Waals surface area contributed by atoms with E-state index in [0.717, 1.165) is 0 Å². The van der Waals surface area contributed by atoms with E-state index in [4.69, 9.17) is 17.0 Å². The molecule has 20 heavy (non-hydrogen) atoms. The number of thiocarbonyl (C=S) groups is 1. The summed E-state index contributed by atoms with van der Waals surface area (Å²) in [4.78, 5) is 10.9. The molecule has 1 rings (SSSR count). The van der Waals surface area contributed by atoms with Crippen molar-refractivity contribution in [3.05, 3.63) is 0 Å². The third-order valence-corrected chi connectivity index (χ3v) is 4.43. The summed E-state index contributed by atoms with van der Waals surface area (Å²) >= 11 is 6.56. The van der Waals surface area contributed by atoms with E-state index in [1.165, 1.54) is 18.9 Å². The van der Waals surface area contributed by atoms with Gasteiger partial charge in [-0.05, 0) is 13.3 Å². The number of hydrogen-bond donors (Lipinski definition) is 3. The molecule has 3 N–H and O–H groups in total. The van der Waals surface area contributed by atoms with Crippen molar-refractivity contribution in [2.75, 3.05) is 19.4 Å². The molecule has 8 heteroatoms. The van der Waals surface area contributed by atoms with Crippen LogP contribution in [0.5, 0.6) is 0 Å². The van der Waals surface area contributed by atoms with E-state index in [2.05, 4.69) is 10.1 Å². The minimum atomic E-state index is -0.898. The molecule has 0 bridgehead atoms. The van der Waals surface area contributed by atoms with Crippen LogP contribution in [0.3, 0.4) is 0 Å². The van der Waals surface area contributed by atoms with Crippen LogP contribution in [0.1, 0.15) is 19.8 Å². The van der Waals surface area contributed by atoms with Gasteiger partial charge in [-0.15, -0.1) is 0 Å². The van der Waals surface area contributed by atoms with E-state index < -0.39 is 18.3 Å². The van der Waals surface area contributed by atoms with E-state index in [1.807, 2.05) is 0 Å². The lowest BCUT2D eigenvalue weighted by Crippen LogP contribution is -2.38. The highest BCUT2D eigenvalue weighted by Crippen LogP contribution is 2.20. The molecule has 1 fully saturated rings. The highest BCUT2D eigenvalue weighted by atomic mass is 32.2. The number of nitrogens with one attached hydrogen (secondary N) is 1. The van der Waals surface area contributed by atoms with Gasteiger partial charge in [-0.2, -0.15) is 0 Å². The van der Waals surface area contributed by atoms with Crippen LogP contribution >= 0.6 is 24.0 Å². The highest BCUT2D eigenvalue weighted by Gasteiger charge is 2.39. The van der Waals surface area contributed by atoms with Crippen LogP contribution in [0, 0.1) is 0 Å². The lowest BCUT2D eigenvalue weighted by Gasteiger charge is -2.16. The molecule has 0 aromatic carbocycles. The summed E-state index contributed by atoms with van der Waals surface area (Å²) in [7, 11) is 1.37. The molecule has 0 saturated carbocycles. The maximum absolute atomic E-state index is 10.9. The quantitative estimate of drug-likeness (QED) is 0.359. The second-order valence-electron chi connectivity index (χ2n) is 4.56. The normalized spacial score (nSPS) is 29.2. The van der Waals surface area contributed by atoms with Crippen LogP contribution in [-0.4, -0.2) is 64.3 Å². The van der Waals surface area contributed by atoms with Gasteiger partial charge in [0.2, 0.25) is 0 Å². The van der Waals surface area contributed by atoms with Gasteiger partial charge in [0.05, 0.1) is 13.2 Å². The van der Waals surface area contributed by atoms with Crippen molar-refractivity contribution in [1.29, 1.82) is 0 Å². The lowest BCUT2D eigenvalue weighted by molar-refractivity contribution is -0.140. The number of aliphatic hydroxyl groups is 2. The minimum Gasteiger partial charge on any atom is -0.469 e. The van der Waals surface area contributed by atoms with Crippen molar-refractivity contribution in [3.8, 4) is 0 Å². The molecule has 0 spiro atoms. The molecule has 0 radical (unpaired) electrons. The van der Waals surface area contributed by atoms with Gasteiger partial charge in [0.25, 0.3) is 0 Å². The third-order valence-electron chi connectivity index (χ3n) is 3.03. The Morgan fingerprint density at radius 3 is 2.70 bits per heavy atom. The number of rotatable bonds is 6. The molecule has 116 valence electrons. The molecular weight excluding hydrogens is 302 g/mol. The van der Waals surface area contributed by atoms with E-state index in [0.29, 0.717) is 29.5 Å². The number of aliphatic hydroxyl groups excluding tert-OH is 2. The lowest BCUT2D eigenvalue weighted by atomic mass is 10.1. The zero-order chi connectivity index (χ0) is 15.1. The number of carbonyl (C=O) groups excluding carboxylic acids is 1. The monoisotopic (exact) mass is 323 g/mol. The van der Waals surface area contributed by atoms with Crippen molar-refractivity contribution < 1.29 is 24.5 Å². The predicted octanol–water partition coefficient (Wildman–Crippen LogP) is 0.0564. The molecule has 1 saturated heterocycles. The van der Waals surface area contributed by atoms with Crippen LogP contribution in [0.15, 0.2) is 0 Å². The van der Waals surface area contributed by atoms with Crippen LogP contribution < -0.4 is 5.32 Å². The van der Waals surface area contributed by atoms with Gasteiger partial charge >= 0.3 is 5.97 Å². The van der Waals surface area contributed by atoms with Gasteiger partial charge in [-0.1, -0.05) is 24.0 Å². The molecule has 1 aliphatic heterocycles. The van der Waals surface area contributed by atoms with E-state index >= 15 is 0 Å². The number of carbonyl (C=O) groups is 1. The fourth-order valence-corrected chi connectivity index (χ4v) is 2.81. The van der Waals surface area contributed by atoms with Crippen LogP contribution in [-0.2, 0) is 14.3 Å². The zero-order valence-corrected chi connectivity index (χ0v) is 13.2. The molecule has 1 aliphatic rings. The minimum absolute atomic E-state index is 0.227. The Labute approximate surface area is 128 Å². The fourth-order valence-electron chi connectivity index (χ4n) is 1.82. The third kappa shape index (κ3) is 5.53. The first-order chi connectivity index (χ1) is 9.45. The molecule has 4 atom stereocenters. The second kappa shape index (κ2) is 8.78. The SMILES string of the molecule is COC(=O)CCCSC(=S)NC[C@H]1O[C@H](C)[C@@H](O)[C@H]1O. The number of thioether (sulfide) groups is 1. The summed E-state index contributed by atoms with van der Waals surface area (Å²) in [5, 5.41) is 22.3. The Hall–Kier alpha value is -0.410. The van der Waals surface area contributed by atoms with Gasteiger partial charge in [0.1, 0.15) is 22.6 Å². The van der Waals surface area contributed by atoms with E-state index in [-0.39, 0.29) is 12.1 Å². The fraction of sp³-hybridized carbons (Fsp3) is 0.833. The number of esters is 1. The van der Waals surface area contributed by atoms with E-state index in [1.54, 1.807) is 6.92 Å². The molecular formula is C12H21NO5S2. The Morgan fingerprint density at radius 2 is 2.15 bits per heavy atom. The van der Waals surface area contributed by atoms with Crippen molar-refractivity contribution in [3.63, 3.8) is 0 Å². The van der Waals surface area contributed by atoms with Crippen molar-refractivity contribution in [2.45, 2.75) is 44.2 Å². The summed E-state index contributed by atoms with van der Waals surface area (Å²) < 4.78 is 10.5. The Balaban J connectivity index is 2.13. The Kier molecular flexibility index (Phi) is 7.75. The average Bonchev–Trinajstić information content (AvgIpc) is 2.68. The first-order valence-electron chi connectivity index (χ1n) is 6.44. The Bertz CT molecular complexity index is 342. The summed E-state index contributed by atoms with van der Waals surface area (Å²) in [6.45, 7) is 2.07. The molecule has 0 aromatic heterocycles. The number of ether oxygens (including phenoxy) is 2. The van der Waals surface area contributed by atoms with Gasteiger partial charge in [-0.25, -0.2) is 0 Å². The molecule has 0 amide bonds. The van der Waals surface area contributed by atoms with Crippen molar-refractivity contribution >= 4 is 34.3 Å². The van der Waals surface area contributed by atoms with Crippen LogP contribution in [0.25, 0.3) is 0 Å².